The molecule has 0 spiro atoms. The fourth-order valence-corrected chi connectivity index (χ4v) is 0.825. The summed E-state index contributed by atoms with van der Waals surface area (Å²) in [4.78, 5) is 10.1. The van der Waals surface area contributed by atoms with Crippen molar-refractivity contribution in [2.45, 2.75) is 7.43 Å². The van der Waals surface area contributed by atoms with Crippen LogP contribution in [-0.4, -0.2) is 16.5 Å². The van der Waals surface area contributed by atoms with Gasteiger partial charge in [0.15, 0.2) is 11.4 Å². The Morgan fingerprint density at radius 2 is 2.00 bits per heavy atom. The number of carbonyl (C=O) groups excluding carboxylic acids is 1. The van der Waals surface area contributed by atoms with Gasteiger partial charge in [0.05, 0.1) is 5.02 Å². The number of aldehydes is 1. The Bertz CT molecular complexity index is 265. The lowest BCUT2D eigenvalue weighted by molar-refractivity contribution is 0.111. The second-order valence-electron chi connectivity index (χ2n) is 1.52. The van der Waals surface area contributed by atoms with E-state index in [1.165, 1.54) is 6.07 Å². The van der Waals surface area contributed by atoms with E-state index in [2.05, 4.69) is 10.2 Å². The summed E-state index contributed by atoms with van der Waals surface area (Å²) >= 11 is 10.9. The number of aromatic nitrogens is 2. The summed E-state index contributed by atoms with van der Waals surface area (Å²) in [5.74, 6) is 0. The highest BCUT2D eigenvalue weighted by atomic mass is 35.5. The van der Waals surface area contributed by atoms with Crippen molar-refractivity contribution >= 4 is 29.5 Å². The molecule has 0 aromatic carbocycles. The molecule has 0 radical (unpaired) electrons. The Morgan fingerprint density at radius 1 is 1.36 bits per heavy atom. The Balaban J connectivity index is 0.000001000. The highest BCUT2D eigenvalue weighted by Gasteiger charge is 2.00. The van der Waals surface area contributed by atoms with Crippen molar-refractivity contribution in [2.75, 3.05) is 0 Å². The molecule has 0 amide bonds. The topological polar surface area (TPSA) is 42.9 Å². The van der Waals surface area contributed by atoms with Crippen LogP contribution in [0.15, 0.2) is 6.07 Å². The molecule has 0 saturated heterocycles. The second kappa shape index (κ2) is 4.26. The molecule has 1 aromatic heterocycles. The molecule has 0 atom stereocenters. The summed E-state index contributed by atoms with van der Waals surface area (Å²) in [5.41, 5.74) is 0.103. The predicted molar refractivity (Wildman–Crippen MR) is 44.2 cm³/mol. The lowest BCUT2D eigenvalue weighted by Gasteiger charge is -1.91. The van der Waals surface area contributed by atoms with E-state index >= 15 is 0 Å². The van der Waals surface area contributed by atoms with Crippen molar-refractivity contribution in [3.8, 4) is 0 Å². The molecule has 0 N–H and O–H groups in total. The molecule has 5 heteroatoms. The van der Waals surface area contributed by atoms with Gasteiger partial charge in [-0.3, -0.25) is 4.79 Å². The van der Waals surface area contributed by atoms with E-state index in [0.29, 0.717) is 6.29 Å². The number of rotatable bonds is 1. The molecule has 1 heterocycles. The molecule has 60 valence electrons. The molecule has 1 rings (SSSR count). The van der Waals surface area contributed by atoms with Gasteiger partial charge in [-0.15, -0.1) is 10.2 Å². The molecule has 0 fully saturated rings. The van der Waals surface area contributed by atoms with Gasteiger partial charge in [-0.05, 0) is 6.07 Å². The summed E-state index contributed by atoms with van der Waals surface area (Å²) in [6, 6.07) is 1.36. The van der Waals surface area contributed by atoms with Crippen molar-refractivity contribution in [3.05, 3.63) is 21.9 Å². The maximum atomic E-state index is 10.1. The van der Waals surface area contributed by atoms with Gasteiger partial charge in [0.2, 0.25) is 0 Å². The number of halogens is 2. The van der Waals surface area contributed by atoms with Crippen molar-refractivity contribution in [1.82, 2.24) is 10.2 Å². The minimum absolute atomic E-state index is 0. The molecule has 0 aliphatic carbocycles. The summed E-state index contributed by atoms with van der Waals surface area (Å²) in [7, 11) is 0. The second-order valence-corrected chi connectivity index (χ2v) is 2.31. The van der Waals surface area contributed by atoms with Crippen LogP contribution in [0.1, 0.15) is 17.9 Å². The smallest absolute Gasteiger partial charge is 0.171 e. The third kappa shape index (κ3) is 2.44. The summed E-state index contributed by atoms with van der Waals surface area (Å²) in [6.07, 6.45) is 0.520. The average molecular weight is 193 g/mol. The Hall–Kier alpha value is -0.670. The SMILES string of the molecule is C.O=Cc1nnc(Cl)cc1Cl. The quantitative estimate of drug-likeness (QED) is 0.642. The van der Waals surface area contributed by atoms with E-state index in [0.717, 1.165) is 0 Å². The van der Waals surface area contributed by atoms with Crippen molar-refractivity contribution in [3.63, 3.8) is 0 Å². The van der Waals surface area contributed by atoms with Gasteiger partial charge in [0, 0.05) is 0 Å². The summed E-state index contributed by atoms with van der Waals surface area (Å²) in [6.45, 7) is 0. The van der Waals surface area contributed by atoms with Gasteiger partial charge in [0.25, 0.3) is 0 Å². The maximum absolute atomic E-state index is 10.1. The van der Waals surface area contributed by atoms with Gasteiger partial charge in [-0.1, -0.05) is 30.6 Å². The standard InChI is InChI=1S/C5H2Cl2N2O.CH4/c6-3-1-5(7)9-8-4(3)2-10;/h1-2H;1H4. The van der Waals surface area contributed by atoms with Crippen LogP contribution < -0.4 is 0 Å². The molecular weight excluding hydrogens is 187 g/mol. The molecule has 0 aliphatic heterocycles. The zero-order valence-electron chi connectivity index (χ0n) is 4.71. The fraction of sp³-hybridized carbons (Fsp3) is 0.167. The Labute approximate surface area is 74.3 Å². The van der Waals surface area contributed by atoms with E-state index in [4.69, 9.17) is 23.2 Å². The third-order valence-electron chi connectivity index (χ3n) is 0.855. The lowest BCUT2D eigenvalue weighted by atomic mass is 10.4. The van der Waals surface area contributed by atoms with E-state index in [9.17, 15) is 4.79 Å². The highest BCUT2D eigenvalue weighted by molar-refractivity contribution is 6.35. The van der Waals surface area contributed by atoms with Crippen molar-refractivity contribution < 1.29 is 4.79 Å². The first-order valence-corrected chi connectivity index (χ1v) is 3.13. The number of hydrogen-bond donors (Lipinski definition) is 0. The third-order valence-corrected chi connectivity index (χ3v) is 1.34. The molecule has 0 saturated carbocycles. The van der Waals surface area contributed by atoms with Crippen molar-refractivity contribution in [2.24, 2.45) is 0 Å². The minimum atomic E-state index is 0. The van der Waals surface area contributed by atoms with Crippen LogP contribution in [0, 0.1) is 0 Å². The first-order chi connectivity index (χ1) is 4.74. The van der Waals surface area contributed by atoms with Crippen LogP contribution in [0.25, 0.3) is 0 Å². The molecule has 0 unspecified atom stereocenters. The molecular formula is C6H6Cl2N2O. The normalized spacial score (nSPS) is 8.55. The van der Waals surface area contributed by atoms with Gasteiger partial charge in [-0.25, -0.2) is 0 Å². The van der Waals surface area contributed by atoms with Crippen LogP contribution >= 0.6 is 23.2 Å². The van der Waals surface area contributed by atoms with E-state index in [1.54, 1.807) is 0 Å². The molecule has 0 bridgehead atoms. The van der Waals surface area contributed by atoms with Crippen LogP contribution in [0.2, 0.25) is 10.2 Å². The first-order valence-electron chi connectivity index (χ1n) is 2.38. The van der Waals surface area contributed by atoms with Gasteiger partial charge < -0.3 is 0 Å². The number of nitrogens with zero attached hydrogens (tertiary/aromatic N) is 2. The van der Waals surface area contributed by atoms with Gasteiger partial charge in [0.1, 0.15) is 5.69 Å². The Kier molecular flexibility index (Phi) is 4.00. The van der Waals surface area contributed by atoms with Crippen LogP contribution in [0.4, 0.5) is 0 Å². The summed E-state index contributed by atoms with van der Waals surface area (Å²) in [5, 5.41) is 7.22. The predicted octanol–water partition coefficient (Wildman–Crippen LogP) is 2.23. The lowest BCUT2D eigenvalue weighted by Crippen LogP contribution is -1.91. The highest BCUT2D eigenvalue weighted by Crippen LogP contribution is 2.13. The largest absolute Gasteiger partial charge is 0.296 e. The molecule has 0 aliphatic rings. The Morgan fingerprint density at radius 3 is 2.45 bits per heavy atom. The number of carbonyl (C=O) groups is 1. The summed E-state index contributed by atoms with van der Waals surface area (Å²) < 4.78 is 0. The van der Waals surface area contributed by atoms with E-state index in [1.807, 2.05) is 0 Å². The molecule has 3 nitrogen and oxygen atoms in total. The molecule has 11 heavy (non-hydrogen) atoms. The van der Waals surface area contributed by atoms with Crippen LogP contribution in [-0.2, 0) is 0 Å². The van der Waals surface area contributed by atoms with Crippen LogP contribution in [0.5, 0.6) is 0 Å². The monoisotopic (exact) mass is 192 g/mol. The van der Waals surface area contributed by atoms with Crippen molar-refractivity contribution in [1.29, 1.82) is 0 Å². The van der Waals surface area contributed by atoms with Gasteiger partial charge in [-0.2, -0.15) is 0 Å². The zero-order chi connectivity index (χ0) is 7.56. The number of hydrogen-bond acceptors (Lipinski definition) is 3. The van der Waals surface area contributed by atoms with E-state index < -0.39 is 0 Å². The minimum Gasteiger partial charge on any atom is -0.296 e. The maximum Gasteiger partial charge on any atom is 0.171 e. The van der Waals surface area contributed by atoms with Crippen LogP contribution in [0.3, 0.4) is 0 Å². The zero-order valence-corrected chi connectivity index (χ0v) is 6.23. The fourth-order valence-electron chi connectivity index (χ4n) is 0.437. The average Bonchev–Trinajstić information content (AvgIpc) is 1.88. The van der Waals surface area contributed by atoms with E-state index in [-0.39, 0.29) is 23.3 Å². The van der Waals surface area contributed by atoms with Gasteiger partial charge >= 0.3 is 0 Å². The molecule has 1 aromatic rings. The first kappa shape index (κ1) is 10.3.